The van der Waals surface area contributed by atoms with Crippen molar-refractivity contribution in [3.8, 4) is 5.75 Å². The smallest absolute Gasteiger partial charge is 0.263 e. The number of nitrogens with zero attached hydrogens (tertiary/aromatic N) is 1. The van der Waals surface area contributed by atoms with Gasteiger partial charge in [0.15, 0.2) is 6.10 Å². The zero-order chi connectivity index (χ0) is 14.7. The van der Waals surface area contributed by atoms with Crippen LogP contribution in [-0.2, 0) is 4.79 Å². The predicted octanol–water partition coefficient (Wildman–Crippen LogP) is 3.67. The first-order valence-electron chi connectivity index (χ1n) is 7.19. The van der Waals surface area contributed by atoms with E-state index in [1.165, 1.54) is 0 Å². The number of benzene rings is 1. The van der Waals surface area contributed by atoms with Crippen molar-refractivity contribution in [3.63, 3.8) is 0 Å². The highest BCUT2D eigenvalue weighted by atomic mass is 35.5. The molecule has 2 rings (SSSR count). The van der Waals surface area contributed by atoms with Gasteiger partial charge >= 0.3 is 0 Å². The molecule has 0 aromatic heterocycles. The summed E-state index contributed by atoms with van der Waals surface area (Å²) in [6, 6.07) is 5.47. The van der Waals surface area contributed by atoms with Gasteiger partial charge in [0, 0.05) is 18.1 Å². The second kappa shape index (κ2) is 6.49. The summed E-state index contributed by atoms with van der Waals surface area (Å²) in [7, 11) is 0. The van der Waals surface area contributed by atoms with Crippen molar-refractivity contribution < 1.29 is 9.53 Å². The summed E-state index contributed by atoms with van der Waals surface area (Å²) in [6.45, 7) is 7.65. The normalized spacial score (nSPS) is 17.9. The van der Waals surface area contributed by atoms with Crippen molar-refractivity contribution in [1.82, 2.24) is 4.90 Å². The topological polar surface area (TPSA) is 29.5 Å². The van der Waals surface area contributed by atoms with Crippen LogP contribution in [-0.4, -0.2) is 30.0 Å². The van der Waals surface area contributed by atoms with Gasteiger partial charge in [0.05, 0.1) is 0 Å². The van der Waals surface area contributed by atoms with Crippen molar-refractivity contribution in [2.24, 2.45) is 5.92 Å². The van der Waals surface area contributed by atoms with E-state index >= 15 is 0 Å². The molecule has 1 saturated heterocycles. The molecule has 1 unspecified atom stereocenters. The quantitative estimate of drug-likeness (QED) is 0.851. The maximum absolute atomic E-state index is 12.3. The number of hydrogen-bond donors (Lipinski definition) is 0. The highest BCUT2D eigenvalue weighted by Gasteiger charge is 2.25. The summed E-state index contributed by atoms with van der Waals surface area (Å²) in [6.07, 6.45) is 1.71. The second-order valence-corrected chi connectivity index (χ2v) is 6.09. The van der Waals surface area contributed by atoms with Crippen LogP contribution in [0.15, 0.2) is 18.2 Å². The number of piperidine rings is 1. The zero-order valence-electron chi connectivity index (χ0n) is 12.4. The molecule has 4 heteroatoms. The number of rotatable bonds is 3. The summed E-state index contributed by atoms with van der Waals surface area (Å²) in [5.41, 5.74) is 0.954. The molecular weight excluding hydrogens is 274 g/mol. The van der Waals surface area contributed by atoms with Crippen molar-refractivity contribution >= 4 is 17.5 Å². The lowest BCUT2D eigenvalue weighted by Gasteiger charge is -2.32. The summed E-state index contributed by atoms with van der Waals surface area (Å²) >= 11 is 5.98. The summed E-state index contributed by atoms with van der Waals surface area (Å²) in [5, 5.41) is 0.710. The third-order valence-electron chi connectivity index (χ3n) is 3.89. The maximum atomic E-state index is 12.3. The summed E-state index contributed by atoms with van der Waals surface area (Å²) in [4.78, 5) is 14.2. The molecule has 0 N–H and O–H groups in total. The number of halogens is 1. The minimum Gasteiger partial charge on any atom is -0.481 e. The lowest BCUT2D eigenvalue weighted by Crippen LogP contribution is -2.44. The van der Waals surface area contributed by atoms with Gasteiger partial charge in [-0.05, 0) is 56.4 Å². The lowest BCUT2D eigenvalue weighted by molar-refractivity contribution is -0.139. The Kier molecular flexibility index (Phi) is 4.92. The molecule has 1 heterocycles. The Balaban J connectivity index is 1.95. The lowest BCUT2D eigenvalue weighted by atomic mass is 9.99. The van der Waals surface area contributed by atoms with Crippen LogP contribution in [0.25, 0.3) is 0 Å². The molecule has 3 nitrogen and oxygen atoms in total. The highest BCUT2D eigenvalue weighted by Crippen LogP contribution is 2.23. The molecular formula is C16H22ClNO2. The molecule has 1 aliphatic heterocycles. The Hall–Kier alpha value is -1.22. The number of carbonyl (C=O) groups is 1. The molecule has 1 atom stereocenters. The second-order valence-electron chi connectivity index (χ2n) is 5.68. The standard InChI is InChI=1S/C16H22ClNO2/c1-11-6-8-18(9-7-11)16(19)13(3)20-14-4-5-15(17)12(2)10-14/h4-5,10-11,13H,6-9H2,1-3H3. The number of ether oxygens (including phenoxy) is 1. The average Bonchev–Trinajstić information content (AvgIpc) is 2.43. The fraction of sp³-hybridized carbons (Fsp3) is 0.562. The van der Waals surface area contributed by atoms with Crippen LogP contribution in [0, 0.1) is 12.8 Å². The van der Waals surface area contributed by atoms with E-state index in [1.54, 1.807) is 12.1 Å². The minimum absolute atomic E-state index is 0.0736. The number of aryl methyl sites for hydroxylation is 1. The Labute approximate surface area is 125 Å². The summed E-state index contributed by atoms with van der Waals surface area (Å²) < 4.78 is 5.74. The van der Waals surface area contributed by atoms with Gasteiger partial charge in [-0.3, -0.25) is 4.79 Å². The minimum atomic E-state index is -0.455. The molecule has 0 aliphatic carbocycles. The fourth-order valence-electron chi connectivity index (χ4n) is 2.43. The molecule has 20 heavy (non-hydrogen) atoms. The van der Waals surface area contributed by atoms with E-state index in [0.717, 1.165) is 31.5 Å². The van der Waals surface area contributed by atoms with Gasteiger partial charge in [-0.2, -0.15) is 0 Å². The van der Waals surface area contributed by atoms with Gasteiger partial charge in [0.1, 0.15) is 5.75 Å². The van der Waals surface area contributed by atoms with E-state index in [9.17, 15) is 4.79 Å². The molecule has 1 aliphatic rings. The largest absolute Gasteiger partial charge is 0.481 e. The first kappa shape index (κ1) is 15.2. The van der Waals surface area contributed by atoms with Crippen molar-refractivity contribution in [1.29, 1.82) is 0 Å². The zero-order valence-corrected chi connectivity index (χ0v) is 13.1. The Morgan fingerprint density at radius 3 is 2.65 bits per heavy atom. The van der Waals surface area contributed by atoms with Gasteiger partial charge in [-0.25, -0.2) is 0 Å². The third kappa shape index (κ3) is 3.66. The van der Waals surface area contributed by atoms with E-state index in [0.29, 0.717) is 16.7 Å². The molecule has 1 fully saturated rings. The van der Waals surface area contributed by atoms with Crippen LogP contribution in [0.4, 0.5) is 0 Å². The van der Waals surface area contributed by atoms with Gasteiger partial charge < -0.3 is 9.64 Å². The number of hydrogen-bond acceptors (Lipinski definition) is 2. The van der Waals surface area contributed by atoms with Gasteiger partial charge in [-0.1, -0.05) is 18.5 Å². The Bertz CT molecular complexity index is 481. The molecule has 110 valence electrons. The molecule has 1 amide bonds. The van der Waals surface area contributed by atoms with Gasteiger partial charge in [-0.15, -0.1) is 0 Å². The van der Waals surface area contributed by atoms with Crippen LogP contribution in [0.3, 0.4) is 0 Å². The first-order valence-corrected chi connectivity index (χ1v) is 7.56. The van der Waals surface area contributed by atoms with Crippen molar-refractivity contribution in [3.05, 3.63) is 28.8 Å². The summed E-state index contributed by atoms with van der Waals surface area (Å²) in [5.74, 6) is 1.48. The molecule has 1 aromatic carbocycles. The maximum Gasteiger partial charge on any atom is 0.263 e. The molecule has 1 aromatic rings. The van der Waals surface area contributed by atoms with E-state index in [4.69, 9.17) is 16.3 Å². The number of amides is 1. The van der Waals surface area contributed by atoms with E-state index in [1.807, 2.05) is 24.8 Å². The third-order valence-corrected chi connectivity index (χ3v) is 4.31. The predicted molar refractivity (Wildman–Crippen MR) is 81.3 cm³/mol. The fourth-order valence-corrected chi connectivity index (χ4v) is 2.55. The Morgan fingerprint density at radius 2 is 2.05 bits per heavy atom. The highest BCUT2D eigenvalue weighted by molar-refractivity contribution is 6.31. The van der Waals surface area contributed by atoms with Gasteiger partial charge in [0.25, 0.3) is 5.91 Å². The first-order chi connectivity index (χ1) is 9.47. The van der Waals surface area contributed by atoms with Crippen molar-refractivity contribution in [2.45, 2.75) is 39.7 Å². The van der Waals surface area contributed by atoms with Crippen molar-refractivity contribution in [2.75, 3.05) is 13.1 Å². The van der Waals surface area contributed by atoms with Crippen LogP contribution in [0.2, 0.25) is 5.02 Å². The van der Waals surface area contributed by atoms with Crippen LogP contribution in [0.1, 0.15) is 32.3 Å². The SMILES string of the molecule is Cc1cc(OC(C)C(=O)N2CCC(C)CC2)ccc1Cl. The molecule has 0 saturated carbocycles. The van der Waals surface area contributed by atoms with Crippen LogP contribution < -0.4 is 4.74 Å². The molecule has 0 spiro atoms. The molecule has 0 radical (unpaired) electrons. The number of carbonyl (C=O) groups excluding carboxylic acids is 1. The van der Waals surface area contributed by atoms with Crippen LogP contribution in [0.5, 0.6) is 5.75 Å². The monoisotopic (exact) mass is 295 g/mol. The van der Waals surface area contributed by atoms with E-state index in [2.05, 4.69) is 6.92 Å². The van der Waals surface area contributed by atoms with E-state index in [-0.39, 0.29) is 5.91 Å². The van der Waals surface area contributed by atoms with Gasteiger partial charge in [0.2, 0.25) is 0 Å². The van der Waals surface area contributed by atoms with Crippen LogP contribution >= 0.6 is 11.6 Å². The Morgan fingerprint density at radius 1 is 1.40 bits per heavy atom. The molecule has 0 bridgehead atoms. The number of likely N-dealkylation sites (tertiary alicyclic amines) is 1. The van der Waals surface area contributed by atoms with E-state index < -0.39 is 6.10 Å². The average molecular weight is 296 g/mol.